The molecule has 88 valence electrons. The van der Waals surface area contributed by atoms with Crippen molar-refractivity contribution in [3.63, 3.8) is 0 Å². The summed E-state index contributed by atoms with van der Waals surface area (Å²) < 4.78 is 5.19. The van der Waals surface area contributed by atoms with Crippen LogP contribution in [0.3, 0.4) is 0 Å². The van der Waals surface area contributed by atoms with Gasteiger partial charge in [0, 0.05) is 32.0 Å². The molecule has 0 spiro atoms. The molecule has 3 nitrogen and oxygen atoms in total. The Morgan fingerprint density at radius 2 is 2.07 bits per heavy atom. The van der Waals surface area contributed by atoms with E-state index in [1.165, 1.54) is 0 Å². The number of methoxy groups -OCH3 is 1. The van der Waals surface area contributed by atoms with Crippen LogP contribution >= 0.6 is 0 Å². The van der Waals surface area contributed by atoms with Crippen LogP contribution in [0, 0.1) is 0 Å². The van der Waals surface area contributed by atoms with Gasteiger partial charge in [0.05, 0.1) is 6.61 Å². The number of ether oxygens (including phenoxy) is 1. The van der Waals surface area contributed by atoms with Gasteiger partial charge in [-0.3, -0.25) is 9.69 Å². The molecule has 0 aromatic heterocycles. The van der Waals surface area contributed by atoms with Gasteiger partial charge < -0.3 is 4.74 Å². The molecule has 0 aliphatic heterocycles. The van der Waals surface area contributed by atoms with E-state index in [0.717, 1.165) is 38.8 Å². The Bertz CT molecular complexity index is 196. The molecule has 15 heavy (non-hydrogen) atoms. The molecule has 1 saturated carbocycles. The lowest BCUT2D eigenvalue weighted by atomic mass is 9.92. The monoisotopic (exact) mass is 213 g/mol. The second-order valence-electron chi connectivity index (χ2n) is 4.40. The summed E-state index contributed by atoms with van der Waals surface area (Å²) in [6.07, 6.45) is 3.59. The summed E-state index contributed by atoms with van der Waals surface area (Å²) in [5.74, 6) is 0.432. The highest BCUT2D eigenvalue weighted by Crippen LogP contribution is 2.22. The molecular formula is C12H23NO2. The van der Waals surface area contributed by atoms with E-state index >= 15 is 0 Å². The molecule has 0 bridgehead atoms. The Hall–Kier alpha value is -0.410. The van der Waals surface area contributed by atoms with Crippen molar-refractivity contribution >= 4 is 5.78 Å². The molecule has 1 atom stereocenters. The number of likely N-dealkylation sites (N-methyl/N-ethyl adjacent to an activating group) is 1. The minimum Gasteiger partial charge on any atom is -0.383 e. The third-order valence-corrected chi connectivity index (χ3v) is 3.32. The lowest BCUT2D eigenvalue weighted by Crippen LogP contribution is -2.45. The second-order valence-corrected chi connectivity index (χ2v) is 4.40. The number of carbonyl (C=O) groups is 1. The molecule has 0 radical (unpaired) electrons. The van der Waals surface area contributed by atoms with Crippen molar-refractivity contribution in [2.75, 3.05) is 20.3 Å². The lowest BCUT2D eigenvalue weighted by Gasteiger charge is -2.37. The average Bonchev–Trinajstić information content (AvgIpc) is 2.22. The maximum Gasteiger partial charge on any atom is 0.133 e. The van der Waals surface area contributed by atoms with Gasteiger partial charge in [-0.05, 0) is 26.3 Å². The van der Waals surface area contributed by atoms with Gasteiger partial charge in [-0.15, -0.1) is 0 Å². The molecule has 1 fully saturated rings. The van der Waals surface area contributed by atoms with Gasteiger partial charge in [-0.25, -0.2) is 0 Å². The van der Waals surface area contributed by atoms with Crippen LogP contribution < -0.4 is 0 Å². The quantitative estimate of drug-likeness (QED) is 0.698. The SMILES string of the molecule is CCN(C(C)COC)C1CCC(=O)CC1. The zero-order valence-electron chi connectivity index (χ0n) is 10.2. The number of ketones is 1. The summed E-state index contributed by atoms with van der Waals surface area (Å²) in [6, 6.07) is 1.04. The zero-order valence-corrected chi connectivity index (χ0v) is 10.2. The number of Topliss-reactive ketones (excluding diaryl/α,β-unsaturated/α-hetero) is 1. The smallest absolute Gasteiger partial charge is 0.133 e. The summed E-state index contributed by atoms with van der Waals surface area (Å²) in [5, 5.41) is 0. The van der Waals surface area contributed by atoms with Crippen molar-refractivity contribution in [3.8, 4) is 0 Å². The highest BCUT2D eigenvalue weighted by molar-refractivity contribution is 5.79. The first-order chi connectivity index (χ1) is 7.19. The van der Waals surface area contributed by atoms with E-state index in [1.807, 2.05) is 0 Å². The third-order valence-electron chi connectivity index (χ3n) is 3.32. The summed E-state index contributed by atoms with van der Waals surface area (Å²) >= 11 is 0. The molecule has 0 saturated heterocycles. The Morgan fingerprint density at radius 1 is 1.47 bits per heavy atom. The van der Waals surface area contributed by atoms with Gasteiger partial charge in [0.25, 0.3) is 0 Å². The van der Waals surface area contributed by atoms with Crippen LogP contribution in [-0.4, -0.2) is 43.0 Å². The fourth-order valence-electron chi connectivity index (χ4n) is 2.52. The highest BCUT2D eigenvalue weighted by Gasteiger charge is 2.26. The van der Waals surface area contributed by atoms with Crippen molar-refractivity contribution in [1.29, 1.82) is 0 Å². The number of hydrogen-bond acceptors (Lipinski definition) is 3. The van der Waals surface area contributed by atoms with E-state index in [9.17, 15) is 4.79 Å². The summed E-state index contributed by atoms with van der Waals surface area (Å²) in [5.41, 5.74) is 0. The maximum absolute atomic E-state index is 11.2. The highest BCUT2D eigenvalue weighted by atomic mass is 16.5. The zero-order chi connectivity index (χ0) is 11.3. The number of carbonyl (C=O) groups excluding carboxylic acids is 1. The van der Waals surface area contributed by atoms with Crippen LogP contribution in [0.25, 0.3) is 0 Å². The first kappa shape index (κ1) is 12.7. The largest absolute Gasteiger partial charge is 0.383 e. The molecule has 0 aromatic carbocycles. The number of nitrogens with zero attached hydrogens (tertiary/aromatic N) is 1. The van der Waals surface area contributed by atoms with Crippen LogP contribution in [0.15, 0.2) is 0 Å². The Balaban J connectivity index is 2.46. The third kappa shape index (κ3) is 3.58. The van der Waals surface area contributed by atoms with Crippen molar-refractivity contribution in [2.45, 2.75) is 51.6 Å². The van der Waals surface area contributed by atoms with Gasteiger partial charge in [-0.2, -0.15) is 0 Å². The van der Waals surface area contributed by atoms with Crippen LogP contribution in [0.4, 0.5) is 0 Å². The normalized spacial score (nSPS) is 20.9. The Kier molecular flexibility index (Phi) is 5.26. The molecule has 1 unspecified atom stereocenters. The Morgan fingerprint density at radius 3 is 2.53 bits per heavy atom. The number of rotatable bonds is 5. The minimum absolute atomic E-state index is 0.432. The molecule has 0 aromatic rings. The summed E-state index contributed by atoms with van der Waals surface area (Å²) in [4.78, 5) is 13.6. The van der Waals surface area contributed by atoms with Crippen molar-refractivity contribution in [2.24, 2.45) is 0 Å². The average molecular weight is 213 g/mol. The first-order valence-electron chi connectivity index (χ1n) is 5.95. The van der Waals surface area contributed by atoms with Crippen molar-refractivity contribution < 1.29 is 9.53 Å². The minimum atomic E-state index is 0.432. The molecule has 1 aliphatic carbocycles. The molecule has 0 N–H and O–H groups in total. The van der Waals surface area contributed by atoms with E-state index in [2.05, 4.69) is 18.7 Å². The summed E-state index contributed by atoms with van der Waals surface area (Å²) in [6.45, 7) is 6.20. The van der Waals surface area contributed by atoms with E-state index in [1.54, 1.807) is 7.11 Å². The van der Waals surface area contributed by atoms with Crippen LogP contribution in [0.1, 0.15) is 39.5 Å². The molecule has 0 amide bonds. The second kappa shape index (κ2) is 6.23. The standard InChI is InChI=1S/C12H23NO2/c1-4-13(10(2)9-15-3)11-5-7-12(14)8-6-11/h10-11H,4-9H2,1-3H3. The van der Waals surface area contributed by atoms with Crippen LogP contribution in [-0.2, 0) is 9.53 Å². The van der Waals surface area contributed by atoms with Crippen LogP contribution in [0.5, 0.6) is 0 Å². The molecule has 1 aliphatic rings. The first-order valence-corrected chi connectivity index (χ1v) is 5.95. The van der Waals surface area contributed by atoms with E-state index in [4.69, 9.17) is 4.74 Å². The topological polar surface area (TPSA) is 29.5 Å². The van der Waals surface area contributed by atoms with E-state index < -0.39 is 0 Å². The number of hydrogen-bond donors (Lipinski definition) is 0. The van der Waals surface area contributed by atoms with Gasteiger partial charge in [0.15, 0.2) is 0 Å². The van der Waals surface area contributed by atoms with Crippen LogP contribution in [0.2, 0.25) is 0 Å². The molecule has 3 heteroatoms. The maximum atomic E-state index is 11.2. The van der Waals surface area contributed by atoms with Crippen molar-refractivity contribution in [3.05, 3.63) is 0 Å². The van der Waals surface area contributed by atoms with Gasteiger partial charge in [0.1, 0.15) is 5.78 Å². The Labute approximate surface area is 92.8 Å². The predicted molar refractivity (Wildman–Crippen MR) is 61.0 cm³/mol. The van der Waals surface area contributed by atoms with Crippen molar-refractivity contribution in [1.82, 2.24) is 4.90 Å². The van der Waals surface area contributed by atoms with E-state index in [0.29, 0.717) is 17.9 Å². The lowest BCUT2D eigenvalue weighted by molar-refractivity contribution is -0.121. The molecular weight excluding hydrogens is 190 g/mol. The van der Waals surface area contributed by atoms with Gasteiger partial charge in [0.2, 0.25) is 0 Å². The van der Waals surface area contributed by atoms with Gasteiger partial charge >= 0.3 is 0 Å². The molecule has 1 rings (SSSR count). The molecule has 0 heterocycles. The summed E-state index contributed by atoms with van der Waals surface area (Å²) in [7, 11) is 1.74. The predicted octanol–water partition coefficient (Wildman–Crippen LogP) is 1.85. The fourth-order valence-corrected chi connectivity index (χ4v) is 2.52. The fraction of sp³-hybridized carbons (Fsp3) is 0.917. The van der Waals surface area contributed by atoms with E-state index in [-0.39, 0.29) is 0 Å². The van der Waals surface area contributed by atoms with Gasteiger partial charge in [-0.1, -0.05) is 6.92 Å².